The van der Waals surface area contributed by atoms with Gasteiger partial charge in [0.15, 0.2) is 0 Å². The van der Waals surface area contributed by atoms with Crippen LogP contribution in [0.5, 0.6) is 5.75 Å². The second-order valence-corrected chi connectivity index (χ2v) is 7.83. The van der Waals surface area contributed by atoms with Gasteiger partial charge in [-0.1, -0.05) is 38.8 Å². The Morgan fingerprint density at radius 2 is 1.93 bits per heavy atom. The Bertz CT molecular complexity index is 847. The van der Waals surface area contributed by atoms with Gasteiger partial charge in [-0.05, 0) is 37.5 Å². The van der Waals surface area contributed by atoms with Crippen LogP contribution in [-0.4, -0.2) is 49.0 Å². The van der Waals surface area contributed by atoms with E-state index in [0.717, 1.165) is 66.5 Å². The number of methoxy groups -OCH3 is 1. The summed E-state index contributed by atoms with van der Waals surface area (Å²) in [6, 6.07) is 5.72. The van der Waals surface area contributed by atoms with Crippen LogP contribution < -0.4 is 10.1 Å². The zero-order valence-corrected chi connectivity index (χ0v) is 19.1. The normalized spacial score (nSPS) is 18.6. The number of nitrogens with zero attached hydrogens (tertiary/aromatic N) is 2. The first-order chi connectivity index (χ1) is 14.6. The zero-order chi connectivity index (χ0) is 21.5. The van der Waals surface area contributed by atoms with E-state index in [0.29, 0.717) is 18.2 Å². The molecule has 1 fully saturated rings. The topological polar surface area (TPSA) is 65.5 Å². The lowest BCUT2D eigenvalue weighted by atomic mass is 10.1. The molecule has 1 aliphatic rings. The van der Waals surface area contributed by atoms with Crippen molar-refractivity contribution in [1.29, 1.82) is 0 Å². The van der Waals surface area contributed by atoms with Gasteiger partial charge in [0.05, 0.1) is 48.5 Å². The number of ether oxygens (including phenoxy) is 3. The lowest BCUT2D eigenvalue weighted by molar-refractivity contribution is 0.0381. The van der Waals surface area contributed by atoms with E-state index < -0.39 is 0 Å². The second-order valence-electron chi connectivity index (χ2n) is 7.42. The number of unbranched alkanes of at least 4 members (excludes halogenated alkanes) is 1. The fraction of sp³-hybridized carbons (Fsp3) is 0.565. The summed E-state index contributed by atoms with van der Waals surface area (Å²) in [6.07, 6.45) is 3.71. The fourth-order valence-electron chi connectivity index (χ4n) is 3.53. The minimum Gasteiger partial charge on any atom is -0.497 e. The van der Waals surface area contributed by atoms with Crippen LogP contribution in [0, 0.1) is 0 Å². The molecular weight excluding hydrogens is 402 g/mol. The maximum absolute atomic E-state index is 6.53. The maximum atomic E-state index is 6.53. The van der Waals surface area contributed by atoms with Crippen LogP contribution in [0.15, 0.2) is 18.2 Å². The van der Waals surface area contributed by atoms with Crippen molar-refractivity contribution in [3.05, 3.63) is 34.6 Å². The number of rotatable bonds is 10. The average Bonchev–Trinajstić information content (AvgIpc) is 3.20. The number of benzene rings is 1. The van der Waals surface area contributed by atoms with Gasteiger partial charge in [-0.2, -0.15) is 0 Å². The predicted molar refractivity (Wildman–Crippen MR) is 121 cm³/mol. The molecule has 1 aliphatic heterocycles. The van der Waals surface area contributed by atoms with Gasteiger partial charge >= 0.3 is 0 Å². The van der Waals surface area contributed by atoms with E-state index in [1.807, 2.05) is 18.2 Å². The van der Waals surface area contributed by atoms with Gasteiger partial charge < -0.3 is 19.5 Å². The van der Waals surface area contributed by atoms with Crippen LogP contribution >= 0.6 is 11.6 Å². The summed E-state index contributed by atoms with van der Waals surface area (Å²) >= 11 is 6.53. The number of anilines is 1. The molecule has 2 aromatic rings. The number of aryl methyl sites for hydroxylation is 2. The summed E-state index contributed by atoms with van der Waals surface area (Å²) in [5.74, 6) is 1.53. The fourth-order valence-corrected chi connectivity index (χ4v) is 3.79. The van der Waals surface area contributed by atoms with Crippen LogP contribution in [0.1, 0.15) is 45.0 Å². The van der Waals surface area contributed by atoms with E-state index in [1.165, 1.54) is 0 Å². The van der Waals surface area contributed by atoms with Crippen LogP contribution in [0.2, 0.25) is 5.02 Å². The molecule has 0 aliphatic carbocycles. The van der Waals surface area contributed by atoms with Crippen molar-refractivity contribution in [3.63, 3.8) is 0 Å². The third kappa shape index (κ3) is 5.23. The summed E-state index contributed by atoms with van der Waals surface area (Å²) in [6.45, 7) is 8.29. The van der Waals surface area contributed by atoms with Gasteiger partial charge in [0.2, 0.25) is 0 Å². The highest BCUT2D eigenvalue weighted by atomic mass is 35.5. The molecule has 0 radical (unpaired) electrons. The van der Waals surface area contributed by atoms with Crippen LogP contribution in [0.3, 0.4) is 0 Å². The molecule has 0 saturated carbocycles. The van der Waals surface area contributed by atoms with Crippen LogP contribution in [0.25, 0.3) is 11.3 Å². The van der Waals surface area contributed by atoms with Crippen molar-refractivity contribution in [3.8, 4) is 17.0 Å². The molecule has 164 valence electrons. The van der Waals surface area contributed by atoms with Gasteiger partial charge in [0.25, 0.3) is 0 Å². The first-order valence-electron chi connectivity index (χ1n) is 10.8. The Balaban J connectivity index is 1.88. The van der Waals surface area contributed by atoms with Gasteiger partial charge in [-0.3, -0.25) is 0 Å². The average molecular weight is 434 g/mol. The highest BCUT2D eigenvalue weighted by Crippen LogP contribution is 2.33. The van der Waals surface area contributed by atoms with Crippen molar-refractivity contribution in [2.75, 3.05) is 32.2 Å². The largest absolute Gasteiger partial charge is 0.497 e. The first-order valence-corrected chi connectivity index (χ1v) is 11.2. The summed E-state index contributed by atoms with van der Waals surface area (Å²) in [4.78, 5) is 9.90. The Kier molecular flexibility index (Phi) is 8.31. The number of halogens is 1. The standard InChI is InChI=1S/C23H32ClN3O3/c1-5-8-11-30-21-14-29-13-20(21)27-23-19(7-3)25-22(18(6-2)26-23)16-10-9-15(28-4)12-17(16)24/h9-10,12,20-21H,5-8,11,13-14H2,1-4H3,(H,26,27)/t20-,21+/m0/s1. The minimum atomic E-state index is 0.0313. The molecule has 1 aromatic carbocycles. The molecule has 1 N–H and O–H groups in total. The number of nitrogens with one attached hydrogen (secondary N) is 1. The monoisotopic (exact) mass is 433 g/mol. The van der Waals surface area contributed by atoms with Crippen molar-refractivity contribution < 1.29 is 14.2 Å². The van der Waals surface area contributed by atoms with Gasteiger partial charge in [-0.15, -0.1) is 0 Å². The van der Waals surface area contributed by atoms with Crippen molar-refractivity contribution in [2.24, 2.45) is 0 Å². The quantitative estimate of drug-likeness (QED) is 0.536. The smallest absolute Gasteiger partial charge is 0.148 e. The molecule has 1 saturated heterocycles. The van der Waals surface area contributed by atoms with E-state index in [4.69, 9.17) is 35.8 Å². The summed E-state index contributed by atoms with van der Waals surface area (Å²) in [7, 11) is 1.63. The number of hydrogen-bond donors (Lipinski definition) is 1. The van der Waals surface area contributed by atoms with E-state index in [9.17, 15) is 0 Å². The minimum absolute atomic E-state index is 0.0313. The molecule has 0 spiro atoms. The van der Waals surface area contributed by atoms with E-state index in [-0.39, 0.29) is 12.1 Å². The van der Waals surface area contributed by atoms with Crippen molar-refractivity contribution >= 4 is 17.4 Å². The lowest BCUT2D eigenvalue weighted by Gasteiger charge is -2.22. The molecule has 6 nitrogen and oxygen atoms in total. The maximum Gasteiger partial charge on any atom is 0.148 e. The van der Waals surface area contributed by atoms with Crippen LogP contribution in [0.4, 0.5) is 5.82 Å². The molecule has 0 amide bonds. The molecule has 2 atom stereocenters. The predicted octanol–water partition coefficient (Wildman–Crippen LogP) is 4.93. The molecule has 0 bridgehead atoms. The number of hydrogen-bond acceptors (Lipinski definition) is 6. The molecule has 7 heteroatoms. The molecule has 30 heavy (non-hydrogen) atoms. The Morgan fingerprint density at radius 3 is 2.60 bits per heavy atom. The summed E-state index contributed by atoms with van der Waals surface area (Å²) < 4.78 is 17.0. The van der Waals surface area contributed by atoms with E-state index in [2.05, 4.69) is 26.1 Å². The first kappa shape index (κ1) is 22.8. The van der Waals surface area contributed by atoms with Gasteiger partial charge in [0.1, 0.15) is 17.7 Å². The van der Waals surface area contributed by atoms with E-state index in [1.54, 1.807) is 7.11 Å². The highest BCUT2D eigenvalue weighted by Gasteiger charge is 2.30. The Labute approximate surface area is 184 Å². The summed E-state index contributed by atoms with van der Waals surface area (Å²) in [5.41, 5.74) is 3.51. The third-order valence-corrected chi connectivity index (χ3v) is 5.63. The third-order valence-electron chi connectivity index (χ3n) is 5.32. The lowest BCUT2D eigenvalue weighted by Crippen LogP contribution is -2.35. The molecule has 0 unspecified atom stereocenters. The molecule has 3 rings (SSSR count). The van der Waals surface area contributed by atoms with Crippen LogP contribution in [-0.2, 0) is 22.3 Å². The summed E-state index contributed by atoms with van der Waals surface area (Å²) in [5, 5.41) is 4.15. The van der Waals surface area contributed by atoms with Crippen molar-refractivity contribution in [1.82, 2.24) is 9.97 Å². The van der Waals surface area contributed by atoms with Gasteiger partial charge in [-0.25, -0.2) is 9.97 Å². The number of aromatic nitrogens is 2. The molecular formula is C23H32ClN3O3. The highest BCUT2D eigenvalue weighted by molar-refractivity contribution is 6.33. The Morgan fingerprint density at radius 1 is 1.13 bits per heavy atom. The van der Waals surface area contributed by atoms with E-state index >= 15 is 0 Å². The molecule has 2 heterocycles. The zero-order valence-electron chi connectivity index (χ0n) is 18.3. The van der Waals surface area contributed by atoms with Gasteiger partial charge in [0, 0.05) is 12.2 Å². The second kappa shape index (κ2) is 10.9. The Hall–Kier alpha value is -1.89. The molecule has 1 aromatic heterocycles. The SMILES string of the molecule is CCCCO[C@@H]1COC[C@@H]1Nc1nc(CC)c(-c2ccc(OC)cc2Cl)nc1CC. The van der Waals surface area contributed by atoms with Crippen molar-refractivity contribution in [2.45, 2.75) is 58.6 Å².